The van der Waals surface area contributed by atoms with Gasteiger partial charge in [-0.1, -0.05) is 0 Å². The van der Waals surface area contributed by atoms with Crippen molar-refractivity contribution >= 4 is 11.7 Å². The van der Waals surface area contributed by atoms with Gasteiger partial charge in [0, 0.05) is 38.4 Å². The second kappa shape index (κ2) is 7.60. The van der Waals surface area contributed by atoms with Crippen LogP contribution in [0.4, 0.5) is 23.4 Å². The summed E-state index contributed by atoms with van der Waals surface area (Å²) >= 11 is 0. The normalized spacial score (nSPS) is 35.4. The van der Waals surface area contributed by atoms with E-state index in [1.165, 1.54) is 6.07 Å². The molecule has 1 aromatic rings. The number of hydrogen-bond acceptors (Lipinski definition) is 4. The van der Waals surface area contributed by atoms with Gasteiger partial charge in [0.15, 0.2) is 0 Å². The predicted octanol–water partition coefficient (Wildman–Crippen LogP) is 3.26. The van der Waals surface area contributed by atoms with Gasteiger partial charge < -0.3 is 10.2 Å². The second-order valence-electron chi connectivity index (χ2n) is 9.88. The van der Waals surface area contributed by atoms with Gasteiger partial charge in [-0.2, -0.15) is 13.2 Å². The molecule has 0 aromatic carbocycles. The number of aromatic nitrogens is 1. The molecule has 6 rings (SSSR count). The summed E-state index contributed by atoms with van der Waals surface area (Å²) in [6.45, 7) is 2.79. The highest BCUT2D eigenvalue weighted by molar-refractivity contribution is 5.78. The smallest absolute Gasteiger partial charge is 0.354 e. The number of carbonyl (C=O) groups excluding carboxylic acids is 1. The third kappa shape index (κ3) is 4.25. The Labute approximate surface area is 179 Å². The summed E-state index contributed by atoms with van der Waals surface area (Å²) in [4.78, 5) is 20.6. The van der Waals surface area contributed by atoms with Gasteiger partial charge in [-0.25, -0.2) is 9.37 Å². The maximum absolute atomic E-state index is 14.8. The molecule has 5 aliphatic rings. The maximum Gasteiger partial charge on any atom is 0.417 e. The first-order chi connectivity index (χ1) is 14.7. The van der Waals surface area contributed by atoms with Crippen LogP contribution in [0.5, 0.6) is 0 Å². The Morgan fingerprint density at radius 3 is 2.32 bits per heavy atom. The molecule has 0 spiro atoms. The molecule has 170 valence electrons. The Morgan fingerprint density at radius 2 is 1.77 bits per heavy atom. The quantitative estimate of drug-likeness (QED) is 0.731. The van der Waals surface area contributed by atoms with Crippen molar-refractivity contribution in [3.05, 3.63) is 23.9 Å². The van der Waals surface area contributed by atoms with Crippen LogP contribution in [0.15, 0.2) is 18.3 Å². The number of amides is 1. The van der Waals surface area contributed by atoms with Gasteiger partial charge in [0.25, 0.3) is 0 Å². The summed E-state index contributed by atoms with van der Waals surface area (Å²) in [5, 5.41) is 3.21. The van der Waals surface area contributed by atoms with Crippen LogP contribution in [0, 0.1) is 17.8 Å². The number of anilines is 1. The van der Waals surface area contributed by atoms with E-state index in [1.54, 1.807) is 0 Å². The standard InChI is InChI=1S/C22H28F4N4O/c23-21-9-14-7-15(10-21)20(16(8-14)11-21)28-19(31)13-29-3-5-30(6-4-29)18-2-1-17(12-27-18)22(24,25)26/h1-2,12,14-16,20H,3-11,13H2,(H,28,31)/t14?,15-,16+,20?,21?. The largest absolute Gasteiger partial charge is 0.417 e. The van der Waals surface area contributed by atoms with E-state index in [9.17, 15) is 22.4 Å². The van der Waals surface area contributed by atoms with Crippen molar-refractivity contribution in [3.8, 4) is 0 Å². The van der Waals surface area contributed by atoms with E-state index in [2.05, 4.69) is 15.2 Å². The van der Waals surface area contributed by atoms with Crippen molar-refractivity contribution in [3.63, 3.8) is 0 Å². The topological polar surface area (TPSA) is 48.5 Å². The molecule has 4 bridgehead atoms. The number of alkyl halides is 4. The van der Waals surface area contributed by atoms with Crippen molar-refractivity contribution in [2.45, 2.75) is 50.0 Å². The van der Waals surface area contributed by atoms with Gasteiger partial charge in [-0.15, -0.1) is 0 Å². The molecular weight excluding hydrogens is 412 g/mol. The summed E-state index contributed by atoms with van der Waals surface area (Å²) in [6.07, 6.45) is 0.422. The van der Waals surface area contributed by atoms with Gasteiger partial charge in [0.05, 0.1) is 12.1 Å². The Kier molecular flexibility index (Phi) is 5.14. The number of nitrogens with zero attached hydrogens (tertiary/aromatic N) is 3. The van der Waals surface area contributed by atoms with Crippen LogP contribution >= 0.6 is 0 Å². The van der Waals surface area contributed by atoms with Crippen molar-refractivity contribution in [2.24, 2.45) is 17.8 Å². The van der Waals surface area contributed by atoms with E-state index < -0.39 is 17.4 Å². The van der Waals surface area contributed by atoms with Gasteiger partial charge >= 0.3 is 6.18 Å². The molecule has 1 saturated heterocycles. The van der Waals surface area contributed by atoms with E-state index in [4.69, 9.17) is 0 Å². The van der Waals surface area contributed by atoms with Crippen LogP contribution in [0.3, 0.4) is 0 Å². The van der Waals surface area contributed by atoms with Crippen molar-refractivity contribution in [2.75, 3.05) is 37.6 Å². The van der Waals surface area contributed by atoms with E-state index in [0.717, 1.165) is 25.1 Å². The third-order valence-corrected chi connectivity index (χ3v) is 7.66. The molecule has 9 heteroatoms. The van der Waals surface area contributed by atoms with Gasteiger partial charge in [-0.05, 0) is 62.0 Å². The molecule has 0 radical (unpaired) electrons. The minimum atomic E-state index is -4.39. The molecule has 1 amide bonds. The van der Waals surface area contributed by atoms with Crippen molar-refractivity contribution < 1.29 is 22.4 Å². The average Bonchev–Trinajstić information content (AvgIpc) is 2.69. The molecule has 4 aliphatic carbocycles. The third-order valence-electron chi connectivity index (χ3n) is 7.66. The first kappa shape index (κ1) is 21.0. The molecule has 31 heavy (non-hydrogen) atoms. The lowest BCUT2D eigenvalue weighted by Gasteiger charge is -2.57. The Hall–Kier alpha value is -1.90. The zero-order valence-corrected chi connectivity index (χ0v) is 17.4. The van der Waals surface area contributed by atoms with Gasteiger partial charge in [0.2, 0.25) is 5.91 Å². The fraction of sp³-hybridized carbons (Fsp3) is 0.727. The first-order valence-corrected chi connectivity index (χ1v) is 11.2. The van der Waals surface area contributed by atoms with Crippen molar-refractivity contribution in [1.82, 2.24) is 15.2 Å². The van der Waals surface area contributed by atoms with E-state index in [0.29, 0.717) is 63.7 Å². The highest BCUT2D eigenvalue weighted by atomic mass is 19.4. The van der Waals surface area contributed by atoms with E-state index in [1.807, 2.05) is 4.90 Å². The number of halogens is 4. The zero-order valence-electron chi connectivity index (χ0n) is 17.4. The summed E-state index contributed by atoms with van der Waals surface area (Å²) in [7, 11) is 0. The van der Waals surface area contributed by atoms with E-state index >= 15 is 0 Å². The van der Waals surface area contributed by atoms with Crippen LogP contribution in [0.2, 0.25) is 0 Å². The van der Waals surface area contributed by atoms with Gasteiger partial charge in [0.1, 0.15) is 11.5 Å². The molecule has 1 aliphatic heterocycles. The lowest BCUT2D eigenvalue weighted by atomic mass is 9.53. The van der Waals surface area contributed by atoms with E-state index in [-0.39, 0.29) is 23.8 Å². The summed E-state index contributed by atoms with van der Waals surface area (Å²) < 4.78 is 52.9. The number of rotatable bonds is 4. The molecule has 5 nitrogen and oxygen atoms in total. The Morgan fingerprint density at radius 1 is 1.10 bits per heavy atom. The number of carbonyl (C=O) groups is 1. The zero-order chi connectivity index (χ0) is 21.8. The Bertz CT molecular complexity index is 806. The molecule has 3 unspecified atom stereocenters. The molecule has 4 saturated carbocycles. The number of pyridine rings is 1. The lowest BCUT2D eigenvalue weighted by molar-refractivity contribution is -0.137. The minimum Gasteiger partial charge on any atom is -0.354 e. The molecule has 2 heterocycles. The van der Waals surface area contributed by atoms with Crippen molar-refractivity contribution in [1.29, 1.82) is 0 Å². The molecule has 1 aromatic heterocycles. The van der Waals surface area contributed by atoms with Crippen LogP contribution in [-0.4, -0.2) is 60.2 Å². The van der Waals surface area contributed by atoms with Crippen LogP contribution < -0.4 is 10.2 Å². The SMILES string of the molecule is O=C(CN1CCN(c2ccc(C(F)(F)F)cn2)CC1)NC1[C@@H]2CC3C[C@H]1CC(F)(C3)C2. The fourth-order valence-corrected chi connectivity index (χ4v) is 6.47. The summed E-state index contributed by atoms with van der Waals surface area (Å²) in [5.41, 5.74) is -1.75. The lowest BCUT2D eigenvalue weighted by Crippen LogP contribution is -2.61. The monoisotopic (exact) mass is 440 g/mol. The summed E-state index contributed by atoms with van der Waals surface area (Å²) in [5.74, 6) is 1.53. The first-order valence-electron chi connectivity index (χ1n) is 11.2. The Balaban J connectivity index is 1.11. The molecule has 5 fully saturated rings. The molecule has 1 N–H and O–H groups in total. The molecule has 5 atom stereocenters. The molecular formula is C22H28F4N4O. The number of nitrogens with one attached hydrogen (secondary N) is 1. The highest BCUT2D eigenvalue weighted by Gasteiger charge is 2.56. The van der Waals surface area contributed by atoms with Crippen LogP contribution in [0.25, 0.3) is 0 Å². The van der Waals surface area contributed by atoms with Crippen LogP contribution in [-0.2, 0) is 11.0 Å². The van der Waals surface area contributed by atoms with Crippen LogP contribution in [0.1, 0.15) is 37.7 Å². The number of piperazine rings is 1. The van der Waals surface area contributed by atoms with Gasteiger partial charge in [-0.3, -0.25) is 9.69 Å². The fourth-order valence-electron chi connectivity index (χ4n) is 6.47. The summed E-state index contributed by atoms with van der Waals surface area (Å²) in [6, 6.07) is 2.55. The highest BCUT2D eigenvalue weighted by Crippen LogP contribution is 2.57. The predicted molar refractivity (Wildman–Crippen MR) is 107 cm³/mol. The minimum absolute atomic E-state index is 0.00788. The maximum atomic E-state index is 14.8. The number of hydrogen-bond donors (Lipinski definition) is 1. The average molecular weight is 440 g/mol. The second-order valence-corrected chi connectivity index (χ2v) is 9.88.